The van der Waals surface area contributed by atoms with E-state index in [-0.39, 0.29) is 16.6 Å². The molecule has 2 atom stereocenters. The van der Waals surface area contributed by atoms with Gasteiger partial charge in [-0.3, -0.25) is 0 Å². The number of benzene rings is 1. The molecule has 0 radical (unpaired) electrons. The Bertz CT molecular complexity index is 612. The van der Waals surface area contributed by atoms with Crippen LogP contribution in [0.2, 0.25) is 0 Å². The second-order valence-corrected chi connectivity index (χ2v) is 7.10. The Morgan fingerprint density at radius 3 is 2.81 bits per heavy atom. The van der Waals surface area contributed by atoms with Crippen LogP contribution in [0.4, 0.5) is 0 Å². The smallest absolute Gasteiger partial charge is 0.338 e. The first-order valence-electron chi connectivity index (χ1n) is 7.24. The third-order valence-corrected chi connectivity index (χ3v) is 4.90. The molecule has 21 heavy (non-hydrogen) atoms. The average Bonchev–Trinajstić information content (AvgIpc) is 2.46. The zero-order valence-electron chi connectivity index (χ0n) is 12.1. The van der Waals surface area contributed by atoms with Crippen LogP contribution in [-0.4, -0.2) is 20.5 Å². The highest BCUT2D eigenvalue weighted by atomic mass is 32.2. The van der Waals surface area contributed by atoms with Crippen molar-refractivity contribution in [3.05, 3.63) is 29.8 Å². The Balaban J connectivity index is 2.07. The molecule has 6 heteroatoms. The van der Waals surface area contributed by atoms with E-state index in [1.165, 1.54) is 30.7 Å². The van der Waals surface area contributed by atoms with Crippen LogP contribution in [0.25, 0.3) is 0 Å². The number of esters is 1. The van der Waals surface area contributed by atoms with Crippen LogP contribution in [0, 0.1) is 5.92 Å². The van der Waals surface area contributed by atoms with E-state index in [9.17, 15) is 13.2 Å². The highest BCUT2D eigenvalue weighted by Gasteiger charge is 2.24. The predicted molar refractivity (Wildman–Crippen MR) is 79.3 cm³/mol. The van der Waals surface area contributed by atoms with Gasteiger partial charge in [-0.25, -0.2) is 18.4 Å². The normalized spacial score (nSPS) is 22.8. The van der Waals surface area contributed by atoms with Gasteiger partial charge in [-0.1, -0.05) is 25.8 Å². The summed E-state index contributed by atoms with van der Waals surface area (Å²) in [6.45, 7) is 2.14. The minimum atomic E-state index is -3.81. The van der Waals surface area contributed by atoms with Gasteiger partial charge in [0.1, 0.15) is 6.10 Å². The van der Waals surface area contributed by atoms with E-state index < -0.39 is 16.0 Å². The molecule has 0 aliphatic heterocycles. The van der Waals surface area contributed by atoms with Crippen molar-refractivity contribution in [3.8, 4) is 0 Å². The first-order chi connectivity index (χ1) is 9.90. The second kappa shape index (κ2) is 6.58. The van der Waals surface area contributed by atoms with Gasteiger partial charge in [0.2, 0.25) is 10.0 Å². The topological polar surface area (TPSA) is 86.5 Å². The fourth-order valence-electron chi connectivity index (χ4n) is 2.74. The highest BCUT2D eigenvalue weighted by molar-refractivity contribution is 7.89. The summed E-state index contributed by atoms with van der Waals surface area (Å²) in [5, 5.41) is 5.07. The molecule has 0 spiro atoms. The Morgan fingerprint density at radius 2 is 2.14 bits per heavy atom. The van der Waals surface area contributed by atoms with Crippen molar-refractivity contribution in [2.24, 2.45) is 11.1 Å². The molecule has 2 rings (SSSR count). The van der Waals surface area contributed by atoms with E-state index in [0.29, 0.717) is 5.92 Å². The maximum atomic E-state index is 12.1. The van der Waals surface area contributed by atoms with Crippen molar-refractivity contribution in [1.82, 2.24) is 0 Å². The summed E-state index contributed by atoms with van der Waals surface area (Å²) in [7, 11) is -3.81. The van der Waals surface area contributed by atoms with E-state index >= 15 is 0 Å². The summed E-state index contributed by atoms with van der Waals surface area (Å²) in [5.74, 6) is 0.120. The van der Waals surface area contributed by atoms with Gasteiger partial charge in [0.25, 0.3) is 0 Å². The van der Waals surface area contributed by atoms with Crippen LogP contribution in [0.3, 0.4) is 0 Å². The third kappa shape index (κ3) is 4.28. The number of nitrogens with two attached hydrogens (primary N) is 1. The van der Waals surface area contributed by atoms with Gasteiger partial charge in [0.05, 0.1) is 10.5 Å². The van der Waals surface area contributed by atoms with E-state index in [1.54, 1.807) is 0 Å². The van der Waals surface area contributed by atoms with Crippen LogP contribution in [0.15, 0.2) is 29.2 Å². The molecule has 0 aromatic heterocycles. The fraction of sp³-hybridized carbons (Fsp3) is 0.533. The van der Waals surface area contributed by atoms with E-state index in [4.69, 9.17) is 9.88 Å². The lowest BCUT2D eigenvalue weighted by atomic mass is 9.85. The van der Waals surface area contributed by atoms with Crippen LogP contribution in [0.1, 0.15) is 49.4 Å². The first-order valence-corrected chi connectivity index (χ1v) is 8.78. The number of carbonyl (C=O) groups excluding carboxylic acids is 1. The van der Waals surface area contributed by atoms with Crippen molar-refractivity contribution in [2.75, 3.05) is 0 Å². The second-order valence-electron chi connectivity index (χ2n) is 5.54. The van der Waals surface area contributed by atoms with Crippen molar-refractivity contribution >= 4 is 16.0 Å². The van der Waals surface area contributed by atoms with Crippen LogP contribution in [0.5, 0.6) is 0 Å². The summed E-state index contributed by atoms with van der Waals surface area (Å²) in [5.41, 5.74) is 0.222. The van der Waals surface area contributed by atoms with E-state index in [0.717, 1.165) is 25.7 Å². The van der Waals surface area contributed by atoms with Gasteiger partial charge < -0.3 is 4.74 Å². The SMILES string of the molecule is CCC1CCCC(OC(=O)c2cccc(S(N)(=O)=O)c2)C1. The summed E-state index contributed by atoms with van der Waals surface area (Å²) in [6.07, 6.45) is 5.02. The quantitative estimate of drug-likeness (QED) is 0.865. The standard InChI is InChI=1S/C15H21NO4S/c1-2-11-5-3-7-13(9-11)20-15(17)12-6-4-8-14(10-12)21(16,18)19/h4,6,8,10-11,13H,2-3,5,7,9H2,1H3,(H2,16,18,19). The van der Waals surface area contributed by atoms with Crippen LogP contribution < -0.4 is 5.14 Å². The Hall–Kier alpha value is -1.40. The maximum absolute atomic E-state index is 12.1. The van der Waals surface area contributed by atoms with Gasteiger partial charge in [-0.15, -0.1) is 0 Å². The molecule has 116 valence electrons. The van der Waals surface area contributed by atoms with E-state index in [2.05, 4.69) is 6.92 Å². The zero-order valence-corrected chi connectivity index (χ0v) is 12.9. The molecule has 0 bridgehead atoms. The Morgan fingerprint density at radius 1 is 1.38 bits per heavy atom. The Labute approximate surface area is 125 Å². The minimum Gasteiger partial charge on any atom is -0.459 e. The maximum Gasteiger partial charge on any atom is 0.338 e. The molecule has 0 heterocycles. The molecule has 0 amide bonds. The third-order valence-electron chi connectivity index (χ3n) is 3.98. The molecule has 1 fully saturated rings. The minimum absolute atomic E-state index is 0.0747. The molecule has 2 N–H and O–H groups in total. The Kier molecular flexibility index (Phi) is 5.00. The van der Waals surface area contributed by atoms with Crippen molar-refractivity contribution < 1.29 is 17.9 Å². The highest BCUT2D eigenvalue weighted by Crippen LogP contribution is 2.29. The molecular weight excluding hydrogens is 290 g/mol. The number of hydrogen-bond acceptors (Lipinski definition) is 4. The first kappa shape index (κ1) is 16.0. The molecule has 1 aromatic rings. The lowest BCUT2D eigenvalue weighted by Crippen LogP contribution is -2.25. The molecule has 1 aromatic carbocycles. The fourth-order valence-corrected chi connectivity index (χ4v) is 3.30. The zero-order chi connectivity index (χ0) is 15.5. The van der Waals surface area contributed by atoms with Gasteiger partial charge in [-0.05, 0) is 43.4 Å². The van der Waals surface area contributed by atoms with Gasteiger partial charge >= 0.3 is 5.97 Å². The van der Waals surface area contributed by atoms with Crippen molar-refractivity contribution in [3.63, 3.8) is 0 Å². The molecule has 1 aliphatic rings. The van der Waals surface area contributed by atoms with Crippen molar-refractivity contribution in [2.45, 2.75) is 50.0 Å². The number of rotatable bonds is 4. The largest absolute Gasteiger partial charge is 0.459 e. The molecule has 1 aliphatic carbocycles. The van der Waals surface area contributed by atoms with Gasteiger partial charge in [0.15, 0.2) is 0 Å². The van der Waals surface area contributed by atoms with E-state index in [1.807, 2.05) is 0 Å². The molecular formula is C15H21NO4S. The van der Waals surface area contributed by atoms with Crippen LogP contribution in [-0.2, 0) is 14.8 Å². The van der Waals surface area contributed by atoms with Gasteiger partial charge in [0, 0.05) is 0 Å². The number of primary sulfonamides is 1. The monoisotopic (exact) mass is 311 g/mol. The summed E-state index contributed by atoms with van der Waals surface area (Å²) >= 11 is 0. The molecule has 5 nitrogen and oxygen atoms in total. The summed E-state index contributed by atoms with van der Waals surface area (Å²) in [6, 6.07) is 5.65. The summed E-state index contributed by atoms with van der Waals surface area (Å²) in [4.78, 5) is 12.1. The number of carbonyl (C=O) groups is 1. The van der Waals surface area contributed by atoms with Crippen molar-refractivity contribution in [1.29, 1.82) is 0 Å². The van der Waals surface area contributed by atoms with Crippen LogP contribution >= 0.6 is 0 Å². The molecule has 0 saturated heterocycles. The lowest BCUT2D eigenvalue weighted by Gasteiger charge is -2.28. The predicted octanol–water partition coefficient (Wildman–Crippen LogP) is 2.46. The van der Waals surface area contributed by atoms with Gasteiger partial charge in [-0.2, -0.15) is 0 Å². The lowest BCUT2D eigenvalue weighted by molar-refractivity contribution is 0.0139. The summed E-state index contributed by atoms with van der Waals surface area (Å²) < 4.78 is 28.1. The number of sulfonamides is 1. The number of ether oxygens (including phenoxy) is 1. The number of hydrogen-bond donors (Lipinski definition) is 1. The molecule has 2 unspecified atom stereocenters. The average molecular weight is 311 g/mol. The molecule has 1 saturated carbocycles.